The molecule has 5 fully saturated rings. The number of carbonyl (C=O) groups excluding carboxylic acids is 4. The van der Waals surface area contributed by atoms with E-state index in [0.29, 0.717) is 42.0 Å². The molecule has 2 N–H and O–H groups in total. The monoisotopic (exact) mass is 614 g/mol. The summed E-state index contributed by atoms with van der Waals surface area (Å²) in [5.74, 6) is -1.11. The van der Waals surface area contributed by atoms with Crippen molar-refractivity contribution < 1.29 is 32.7 Å². The van der Waals surface area contributed by atoms with Crippen LogP contribution in [0.25, 0.3) is 0 Å². The number of rotatable bonds is 5. The molecule has 1 aromatic carbocycles. The number of likely N-dealkylation sites (tertiary alicyclic amines) is 1. The highest BCUT2D eigenvalue weighted by atomic mass is 19.3. The number of fused-ring (bicyclic) bond motifs is 1. The van der Waals surface area contributed by atoms with Crippen LogP contribution in [-0.4, -0.2) is 77.7 Å². The first-order chi connectivity index (χ1) is 21.0. The third-order valence-electron chi connectivity index (χ3n) is 10.7. The van der Waals surface area contributed by atoms with Crippen LogP contribution in [0, 0.1) is 17.3 Å². The molecule has 44 heavy (non-hydrogen) atoms. The van der Waals surface area contributed by atoms with Crippen molar-refractivity contribution in [1.29, 1.82) is 0 Å². The van der Waals surface area contributed by atoms with Crippen LogP contribution in [0.3, 0.4) is 0 Å². The van der Waals surface area contributed by atoms with Crippen molar-refractivity contribution in [2.24, 2.45) is 17.3 Å². The van der Waals surface area contributed by atoms with E-state index in [2.05, 4.69) is 22.5 Å². The third kappa shape index (κ3) is 6.48. The number of imide groups is 1. The Morgan fingerprint density at radius 3 is 2.34 bits per heavy atom. The fourth-order valence-corrected chi connectivity index (χ4v) is 7.56. The Morgan fingerprint density at radius 2 is 1.73 bits per heavy atom. The maximum Gasteiger partial charge on any atom is 0.255 e. The molecule has 1 aromatic rings. The molecule has 2 unspecified atom stereocenters. The van der Waals surface area contributed by atoms with Gasteiger partial charge in [0.05, 0.1) is 0 Å². The lowest BCUT2D eigenvalue weighted by Crippen LogP contribution is -2.52. The molecule has 2 saturated carbocycles. The summed E-state index contributed by atoms with van der Waals surface area (Å²) in [5, 5.41) is 5.61. The number of amides is 4. The van der Waals surface area contributed by atoms with E-state index in [1.54, 1.807) is 18.2 Å². The van der Waals surface area contributed by atoms with Gasteiger partial charge in [-0.15, -0.1) is 0 Å². The molecule has 11 heteroatoms. The zero-order valence-electron chi connectivity index (χ0n) is 25.5. The van der Waals surface area contributed by atoms with Crippen LogP contribution < -0.4 is 15.4 Å². The largest absolute Gasteiger partial charge is 0.490 e. The lowest BCUT2D eigenvalue weighted by Gasteiger charge is -2.45. The minimum atomic E-state index is -2.70. The molecule has 0 aromatic heterocycles. The Morgan fingerprint density at radius 1 is 0.977 bits per heavy atom. The number of benzene rings is 1. The molecule has 9 nitrogen and oxygen atoms in total. The molecule has 2 aliphatic carbocycles. The topological polar surface area (TPSA) is 108 Å². The highest BCUT2D eigenvalue weighted by Gasteiger charge is 2.43. The summed E-state index contributed by atoms with van der Waals surface area (Å²) in [6, 6.07) is 4.23. The lowest BCUT2D eigenvalue weighted by molar-refractivity contribution is -0.147. The Labute approximate surface area is 257 Å². The van der Waals surface area contributed by atoms with E-state index in [9.17, 15) is 28.0 Å². The molecular formula is C33H44F2N4O5. The number of piperidine rings is 2. The third-order valence-corrected chi connectivity index (χ3v) is 10.7. The lowest BCUT2D eigenvalue weighted by atomic mass is 9.69. The van der Waals surface area contributed by atoms with Gasteiger partial charge in [0.1, 0.15) is 17.9 Å². The van der Waals surface area contributed by atoms with Gasteiger partial charge >= 0.3 is 0 Å². The highest BCUT2D eigenvalue weighted by molar-refractivity contribution is 6.05. The smallest absolute Gasteiger partial charge is 0.255 e. The van der Waals surface area contributed by atoms with Gasteiger partial charge in [0.15, 0.2) is 0 Å². The van der Waals surface area contributed by atoms with Crippen molar-refractivity contribution in [3.8, 4) is 5.75 Å². The van der Waals surface area contributed by atoms with Crippen molar-refractivity contribution >= 4 is 23.6 Å². The fourth-order valence-electron chi connectivity index (χ4n) is 7.56. The van der Waals surface area contributed by atoms with E-state index in [-0.39, 0.29) is 43.0 Å². The van der Waals surface area contributed by atoms with Crippen LogP contribution >= 0.6 is 0 Å². The number of carbonyl (C=O) groups is 4. The van der Waals surface area contributed by atoms with E-state index in [1.807, 2.05) is 0 Å². The van der Waals surface area contributed by atoms with Crippen molar-refractivity contribution in [3.05, 3.63) is 29.3 Å². The van der Waals surface area contributed by atoms with E-state index in [1.165, 1.54) is 37.3 Å². The van der Waals surface area contributed by atoms with Gasteiger partial charge in [-0.25, -0.2) is 8.78 Å². The maximum atomic E-state index is 13.6. The average Bonchev–Trinajstić information content (AvgIpc) is 3.26. The van der Waals surface area contributed by atoms with Crippen LogP contribution in [0.4, 0.5) is 8.78 Å². The van der Waals surface area contributed by atoms with Gasteiger partial charge in [-0.2, -0.15) is 0 Å². The number of nitrogens with one attached hydrogen (secondary N) is 2. The zero-order chi connectivity index (χ0) is 31.1. The SMILES string of the molecule is CC1(C(=O)N2CCC(C3CNC3)CC2)CCC1.O=C1CCC(N2Cc3cc(OC4CCCC(F)(F)C4)ccc3C2=O)C(=O)N1. The minimum absolute atomic E-state index is 0.00482. The summed E-state index contributed by atoms with van der Waals surface area (Å²) >= 11 is 0. The molecule has 4 heterocycles. The van der Waals surface area contributed by atoms with Crippen molar-refractivity contribution in [1.82, 2.24) is 20.4 Å². The zero-order valence-corrected chi connectivity index (χ0v) is 25.5. The average molecular weight is 615 g/mol. The van der Waals surface area contributed by atoms with Gasteiger partial charge in [0.25, 0.3) is 11.8 Å². The molecule has 0 spiro atoms. The molecular weight excluding hydrogens is 570 g/mol. The standard InChI is InChI=1S/C19H20F2N2O4.C14H24N2O/c20-19(21)7-1-2-13(9-19)27-12-3-4-14-11(8-12)10-23(18(14)26)15-5-6-16(24)22-17(15)25;1-14(5-2-6-14)13(17)16-7-3-11(4-8-16)12-9-15-10-12/h3-4,8,13,15H,1-2,5-7,9-10H2,(H,22,24,25);11-12,15H,2-10H2,1H3. The van der Waals surface area contributed by atoms with Crippen molar-refractivity contribution in [2.75, 3.05) is 26.2 Å². The molecule has 0 radical (unpaired) electrons. The van der Waals surface area contributed by atoms with Crippen molar-refractivity contribution in [3.63, 3.8) is 0 Å². The number of halogens is 2. The molecule has 2 atom stereocenters. The Balaban J connectivity index is 0.000000173. The molecule has 4 aliphatic heterocycles. The second-order valence-corrected chi connectivity index (χ2v) is 13.9. The van der Waals surface area contributed by atoms with E-state index in [0.717, 1.165) is 37.8 Å². The summed E-state index contributed by atoms with van der Waals surface area (Å²) in [6.07, 6.45) is 6.46. The molecule has 240 valence electrons. The number of nitrogens with zero attached hydrogens (tertiary/aromatic N) is 2. The van der Waals surface area contributed by atoms with E-state index in [4.69, 9.17) is 4.74 Å². The summed E-state index contributed by atoms with van der Waals surface area (Å²) in [4.78, 5) is 52.0. The van der Waals surface area contributed by atoms with Crippen molar-refractivity contribution in [2.45, 2.75) is 102 Å². The van der Waals surface area contributed by atoms with Crippen LogP contribution in [-0.2, 0) is 20.9 Å². The van der Waals surface area contributed by atoms with Gasteiger partial charge in [-0.05, 0) is 93.6 Å². The summed E-state index contributed by atoms with van der Waals surface area (Å²) < 4.78 is 32.8. The molecule has 6 aliphatic rings. The second kappa shape index (κ2) is 12.4. The molecule has 4 amide bonds. The Bertz CT molecular complexity index is 1290. The number of hydrogen-bond acceptors (Lipinski definition) is 6. The number of hydrogen-bond donors (Lipinski definition) is 2. The normalized spacial score (nSPS) is 28.2. The first-order valence-corrected chi connectivity index (χ1v) is 16.3. The molecule has 7 rings (SSSR count). The number of alkyl halides is 2. The van der Waals surface area contributed by atoms with Gasteiger partial charge < -0.3 is 19.9 Å². The summed E-state index contributed by atoms with van der Waals surface area (Å²) in [6.45, 7) is 6.82. The van der Waals surface area contributed by atoms with Gasteiger partial charge in [0, 0.05) is 49.9 Å². The Kier molecular flexibility index (Phi) is 8.69. The first-order valence-electron chi connectivity index (χ1n) is 16.3. The quantitative estimate of drug-likeness (QED) is 0.485. The van der Waals surface area contributed by atoms with Crippen LogP contribution in [0.5, 0.6) is 5.75 Å². The Hall–Kier alpha value is -3.08. The van der Waals surface area contributed by atoms with E-state index >= 15 is 0 Å². The van der Waals surface area contributed by atoms with Gasteiger partial charge in [0.2, 0.25) is 17.7 Å². The van der Waals surface area contributed by atoms with Gasteiger partial charge in [-0.1, -0.05) is 13.3 Å². The summed E-state index contributed by atoms with van der Waals surface area (Å²) in [7, 11) is 0. The predicted molar refractivity (Wildman–Crippen MR) is 158 cm³/mol. The van der Waals surface area contributed by atoms with Crippen LogP contribution in [0.1, 0.15) is 93.5 Å². The predicted octanol–water partition coefficient (Wildman–Crippen LogP) is 4.04. The van der Waals surface area contributed by atoms with E-state index < -0.39 is 24.0 Å². The fraction of sp³-hybridized carbons (Fsp3) is 0.697. The van der Waals surface area contributed by atoms with Gasteiger partial charge in [-0.3, -0.25) is 24.5 Å². The minimum Gasteiger partial charge on any atom is -0.490 e. The second-order valence-electron chi connectivity index (χ2n) is 13.9. The number of ether oxygens (including phenoxy) is 1. The maximum absolute atomic E-state index is 13.6. The van der Waals surface area contributed by atoms with Crippen LogP contribution in [0.15, 0.2) is 18.2 Å². The van der Waals surface area contributed by atoms with Crippen LogP contribution in [0.2, 0.25) is 0 Å². The molecule has 3 saturated heterocycles. The highest BCUT2D eigenvalue weighted by Crippen LogP contribution is 2.43. The summed E-state index contributed by atoms with van der Waals surface area (Å²) in [5.41, 5.74) is 1.18. The molecule has 0 bridgehead atoms. The first kappa shape index (κ1) is 30.9.